The largest absolute Gasteiger partial charge is 1.00 e. The summed E-state index contributed by atoms with van der Waals surface area (Å²) in [5.41, 5.74) is 4.25. The van der Waals surface area contributed by atoms with Gasteiger partial charge < -0.3 is 37.4 Å². The summed E-state index contributed by atoms with van der Waals surface area (Å²) in [6.07, 6.45) is 0.912. The van der Waals surface area contributed by atoms with Crippen LogP contribution in [0.3, 0.4) is 0 Å². The van der Waals surface area contributed by atoms with Gasteiger partial charge in [0.2, 0.25) is 0 Å². The highest BCUT2D eigenvalue weighted by atomic mass is 35.5. The van der Waals surface area contributed by atoms with Crippen LogP contribution in [0.5, 0.6) is 5.75 Å². The van der Waals surface area contributed by atoms with Crippen LogP contribution < -0.4 is 17.0 Å². The molecule has 5 rings (SSSR count). The van der Waals surface area contributed by atoms with Gasteiger partial charge in [0.1, 0.15) is 11.9 Å². The maximum Gasteiger partial charge on any atom is 0.291 e. The third-order valence-electron chi connectivity index (χ3n) is 6.09. The molecule has 1 saturated heterocycles. The normalized spacial score (nSPS) is 24.4. The molecule has 2 aromatic carbocycles. The Bertz CT molecular complexity index is 1250. The van der Waals surface area contributed by atoms with E-state index in [1.165, 1.54) is 0 Å². The molecular formula is C22H23ClN2O4. The first-order valence-corrected chi connectivity index (χ1v) is 9.46. The molecule has 0 spiro atoms. The Balaban J connectivity index is 0.00000205. The molecule has 1 fully saturated rings. The molecule has 0 amide bonds. The predicted octanol–water partition coefficient (Wildman–Crippen LogP) is -0.273. The number of nitrogens with zero attached hydrogens (tertiary/aromatic N) is 1. The minimum Gasteiger partial charge on any atom is -1.00 e. The summed E-state index contributed by atoms with van der Waals surface area (Å²) < 4.78 is 7.60. The number of benzene rings is 2. The Morgan fingerprint density at radius 3 is 2.45 bits per heavy atom. The first-order valence-electron chi connectivity index (χ1n) is 9.46. The average Bonchev–Trinajstić information content (AvgIpc) is 3.18. The van der Waals surface area contributed by atoms with Crippen LogP contribution in [0.1, 0.15) is 24.3 Å². The standard InChI is InChI=1S/C22H22N2O4.ClH/c1-10-16-9-24(22-21(27)20(26)12(3)28-22)7-6-14(16)11(2)19-18(10)15-8-13(25)4-5-17(15)23-19;/h4-9,12,20-22,25-27H,1-3H3;1H/t12-,20-,21-,22-;/m1./s1. The lowest BCUT2D eigenvalue weighted by atomic mass is 9.97. The van der Waals surface area contributed by atoms with Gasteiger partial charge in [0, 0.05) is 27.7 Å². The van der Waals surface area contributed by atoms with Crippen molar-refractivity contribution in [1.82, 2.24) is 4.98 Å². The van der Waals surface area contributed by atoms with Crippen molar-refractivity contribution in [3.05, 3.63) is 47.8 Å². The van der Waals surface area contributed by atoms with Crippen LogP contribution in [0.2, 0.25) is 0 Å². The van der Waals surface area contributed by atoms with Gasteiger partial charge in [0.05, 0.1) is 11.6 Å². The number of pyridine rings is 1. The van der Waals surface area contributed by atoms with E-state index in [4.69, 9.17) is 4.74 Å². The van der Waals surface area contributed by atoms with Crippen molar-refractivity contribution in [2.45, 2.75) is 45.3 Å². The van der Waals surface area contributed by atoms with E-state index in [0.717, 1.165) is 43.7 Å². The molecule has 2 aromatic heterocycles. The number of aromatic amines is 1. The molecule has 152 valence electrons. The fourth-order valence-corrected chi connectivity index (χ4v) is 4.49. The summed E-state index contributed by atoms with van der Waals surface area (Å²) in [4.78, 5) is 3.48. The molecule has 0 saturated carbocycles. The fourth-order valence-electron chi connectivity index (χ4n) is 4.49. The monoisotopic (exact) mass is 414 g/mol. The summed E-state index contributed by atoms with van der Waals surface area (Å²) in [6.45, 7) is 5.90. The number of hydrogen-bond acceptors (Lipinski definition) is 4. The number of aromatic nitrogens is 2. The average molecular weight is 415 g/mol. The fraction of sp³-hybridized carbons (Fsp3) is 0.318. The molecule has 4 atom stereocenters. The molecule has 0 unspecified atom stereocenters. The van der Waals surface area contributed by atoms with Crippen LogP contribution in [0, 0.1) is 13.8 Å². The van der Waals surface area contributed by atoms with Crippen molar-refractivity contribution in [2.24, 2.45) is 0 Å². The van der Waals surface area contributed by atoms with Gasteiger partial charge in [-0.1, -0.05) is 0 Å². The summed E-state index contributed by atoms with van der Waals surface area (Å²) >= 11 is 0. The zero-order chi connectivity index (χ0) is 19.7. The smallest absolute Gasteiger partial charge is 0.291 e. The Labute approximate surface area is 173 Å². The van der Waals surface area contributed by atoms with Crippen LogP contribution in [-0.2, 0) is 4.74 Å². The van der Waals surface area contributed by atoms with Gasteiger partial charge in [-0.3, -0.25) is 0 Å². The van der Waals surface area contributed by atoms with Crippen molar-refractivity contribution in [3.63, 3.8) is 0 Å². The number of rotatable bonds is 1. The lowest BCUT2D eigenvalue weighted by Gasteiger charge is -2.12. The number of ether oxygens (including phenoxy) is 1. The molecule has 4 aromatic rings. The SMILES string of the molecule is Cc1c2cc[n+]([C@@H]3O[C@H](C)[C@@H](O)[C@H]3O)cc2c(C)c2c1[nH]c1ccc(O)cc12.[Cl-]. The van der Waals surface area contributed by atoms with E-state index in [1.807, 2.05) is 29.1 Å². The van der Waals surface area contributed by atoms with Crippen molar-refractivity contribution in [3.8, 4) is 5.75 Å². The number of fused-ring (bicyclic) bond motifs is 4. The van der Waals surface area contributed by atoms with Crippen LogP contribution in [-0.4, -0.2) is 38.6 Å². The van der Waals surface area contributed by atoms with E-state index in [-0.39, 0.29) is 18.2 Å². The Hall–Kier alpha value is -2.38. The van der Waals surface area contributed by atoms with Gasteiger partial charge in [0.15, 0.2) is 18.5 Å². The molecule has 29 heavy (non-hydrogen) atoms. The number of phenolic OH excluding ortho intramolecular Hbond substituents is 1. The molecule has 1 aliphatic heterocycles. The van der Waals surface area contributed by atoms with Crippen molar-refractivity contribution >= 4 is 32.6 Å². The zero-order valence-electron chi connectivity index (χ0n) is 16.3. The van der Waals surface area contributed by atoms with Gasteiger partial charge in [-0.15, -0.1) is 0 Å². The van der Waals surface area contributed by atoms with Crippen LogP contribution >= 0.6 is 0 Å². The molecule has 0 aliphatic carbocycles. The summed E-state index contributed by atoms with van der Waals surface area (Å²) in [5.74, 6) is 0.235. The van der Waals surface area contributed by atoms with Crippen molar-refractivity contribution in [2.75, 3.05) is 0 Å². The maximum absolute atomic E-state index is 10.4. The second-order valence-corrected chi connectivity index (χ2v) is 7.79. The van der Waals surface area contributed by atoms with Gasteiger partial charge in [-0.2, -0.15) is 4.57 Å². The van der Waals surface area contributed by atoms with Crippen LogP contribution in [0.4, 0.5) is 0 Å². The molecule has 0 bridgehead atoms. The number of nitrogens with one attached hydrogen (secondary N) is 1. The van der Waals surface area contributed by atoms with E-state index in [0.29, 0.717) is 0 Å². The number of H-pyrrole nitrogens is 1. The minimum absolute atomic E-state index is 0. The molecule has 7 heteroatoms. The number of aryl methyl sites for hydroxylation is 2. The topological polar surface area (TPSA) is 89.6 Å². The number of hydrogen-bond donors (Lipinski definition) is 4. The van der Waals surface area contributed by atoms with E-state index in [9.17, 15) is 15.3 Å². The number of phenols is 1. The molecule has 1 aliphatic rings. The van der Waals surface area contributed by atoms with Gasteiger partial charge in [-0.05, 0) is 55.5 Å². The number of aliphatic hydroxyl groups is 2. The zero-order valence-corrected chi connectivity index (χ0v) is 17.1. The van der Waals surface area contributed by atoms with E-state index in [1.54, 1.807) is 19.1 Å². The van der Waals surface area contributed by atoms with E-state index < -0.39 is 24.5 Å². The Morgan fingerprint density at radius 2 is 1.76 bits per heavy atom. The van der Waals surface area contributed by atoms with Gasteiger partial charge in [0.25, 0.3) is 6.23 Å². The summed E-state index contributed by atoms with van der Waals surface area (Å²) in [5, 5.41) is 34.6. The second kappa shape index (κ2) is 6.85. The quantitative estimate of drug-likeness (QED) is 0.323. The summed E-state index contributed by atoms with van der Waals surface area (Å²) in [7, 11) is 0. The third kappa shape index (κ3) is 2.79. The van der Waals surface area contributed by atoms with Crippen molar-refractivity contribution < 1.29 is 37.0 Å². The highest BCUT2D eigenvalue weighted by molar-refractivity contribution is 6.16. The number of aliphatic hydroxyl groups excluding tert-OH is 2. The Morgan fingerprint density at radius 1 is 1.00 bits per heavy atom. The van der Waals surface area contributed by atoms with Crippen LogP contribution in [0.25, 0.3) is 32.6 Å². The third-order valence-corrected chi connectivity index (χ3v) is 6.09. The minimum atomic E-state index is -0.979. The Kier molecular flexibility index (Phi) is 4.70. The van der Waals surface area contributed by atoms with Gasteiger partial charge in [-0.25, -0.2) is 0 Å². The lowest BCUT2D eigenvalue weighted by molar-refractivity contribution is -0.764. The highest BCUT2D eigenvalue weighted by Gasteiger charge is 2.46. The van der Waals surface area contributed by atoms with Gasteiger partial charge >= 0.3 is 0 Å². The first kappa shape index (κ1) is 19.9. The molecule has 6 nitrogen and oxygen atoms in total. The van der Waals surface area contributed by atoms with Crippen molar-refractivity contribution in [1.29, 1.82) is 0 Å². The first-order chi connectivity index (χ1) is 13.4. The molecule has 4 N–H and O–H groups in total. The predicted molar refractivity (Wildman–Crippen MR) is 106 cm³/mol. The maximum atomic E-state index is 10.4. The molecule has 3 heterocycles. The number of halogens is 1. The van der Waals surface area contributed by atoms with E-state index in [2.05, 4.69) is 18.8 Å². The highest BCUT2D eigenvalue weighted by Crippen LogP contribution is 2.37. The lowest BCUT2D eigenvalue weighted by Crippen LogP contribution is -3.00. The molecule has 0 radical (unpaired) electrons. The summed E-state index contributed by atoms with van der Waals surface area (Å²) in [6, 6.07) is 7.37. The van der Waals surface area contributed by atoms with Crippen LogP contribution in [0.15, 0.2) is 36.7 Å². The van der Waals surface area contributed by atoms with E-state index >= 15 is 0 Å². The second-order valence-electron chi connectivity index (χ2n) is 7.79. The number of aromatic hydroxyl groups is 1. The molecular weight excluding hydrogens is 392 g/mol.